The normalized spacial score (nSPS) is 12.9. The second-order valence-electron chi connectivity index (χ2n) is 4.46. The monoisotopic (exact) mass is 276 g/mol. The minimum absolute atomic E-state index is 0.0687. The van der Waals surface area contributed by atoms with Crippen molar-refractivity contribution < 1.29 is 12.6 Å². The van der Waals surface area contributed by atoms with E-state index in [1.165, 1.54) is 0 Å². The van der Waals surface area contributed by atoms with Gasteiger partial charge in [0.25, 0.3) is 0 Å². The molecule has 1 atom stereocenters. The first kappa shape index (κ1) is 13.6. The zero-order valence-electron chi connectivity index (χ0n) is 10.9. The molecule has 0 radical (unpaired) electrons. The summed E-state index contributed by atoms with van der Waals surface area (Å²) >= 11 is 0. The molecule has 0 N–H and O–H groups in total. The number of hydrogen-bond donors (Lipinski definition) is 0. The molecule has 0 aliphatic heterocycles. The lowest BCUT2D eigenvalue weighted by Gasteiger charge is -2.16. The van der Waals surface area contributed by atoms with Crippen molar-refractivity contribution in [3.63, 3.8) is 0 Å². The Morgan fingerprint density at radius 2 is 1.53 bits per heavy atom. The van der Waals surface area contributed by atoms with E-state index in [1.54, 1.807) is 12.1 Å². The van der Waals surface area contributed by atoms with Gasteiger partial charge in [0.1, 0.15) is 5.75 Å². The quantitative estimate of drug-likeness (QED) is 0.806. The van der Waals surface area contributed by atoms with Crippen LogP contribution in [0.4, 0.5) is 0 Å². The predicted molar refractivity (Wildman–Crippen MR) is 75.9 cm³/mol. The Morgan fingerprint density at radius 3 is 2.16 bits per heavy atom. The van der Waals surface area contributed by atoms with Gasteiger partial charge in [-0.1, -0.05) is 55.5 Å². The lowest BCUT2D eigenvalue weighted by atomic mass is 9.93. The highest BCUT2D eigenvalue weighted by atomic mass is 32.2. The van der Waals surface area contributed by atoms with Crippen molar-refractivity contribution in [2.45, 2.75) is 12.8 Å². The molecule has 100 valence electrons. The summed E-state index contributed by atoms with van der Waals surface area (Å²) < 4.78 is 27.6. The smallest absolute Gasteiger partial charge is 0.306 e. The Kier molecular flexibility index (Phi) is 3.90. The minimum atomic E-state index is -3.52. The Morgan fingerprint density at radius 1 is 0.947 bits per heavy atom. The molecule has 2 aromatic carbocycles. The maximum absolute atomic E-state index is 11.3. The molecular weight excluding hydrogens is 260 g/mol. The van der Waals surface area contributed by atoms with Crippen molar-refractivity contribution in [3.8, 4) is 5.75 Å². The maximum atomic E-state index is 11.3. The second-order valence-corrected chi connectivity index (χ2v) is 6.03. The molecule has 0 amide bonds. The first-order chi connectivity index (χ1) is 8.97. The van der Waals surface area contributed by atoms with E-state index in [0.717, 1.165) is 17.4 Å². The van der Waals surface area contributed by atoms with E-state index in [1.807, 2.05) is 49.4 Å². The molecular formula is C15H16O3S. The zero-order chi connectivity index (χ0) is 13.9. The van der Waals surface area contributed by atoms with Crippen LogP contribution in [0.2, 0.25) is 0 Å². The molecule has 0 bridgehead atoms. The summed E-state index contributed by atoms with van der Waals surface area (Å²) in [5.74, 6) is 0.459. The van der Waals surface area contributed by atoms with Crippen molar-refractivity contribution >= 4 is 10.1 Å². The van der Waals surface area contributed by atoms with Crippen LogP contribution in [0.1, 0.15) is 24.0 Å². The SMILES string of the molecule is CC(c1ccccc1)c1ccccc1OS(C)(=O)=O. The molecule has 0 heterocycles. The molecule has 0 saturated carbocycles. The minimum Gasteiger partial charge on any atom is -0.382 e. The highest BCUT2D eigenvalue weighted by Crippen LogP contribution is 2.31. The molecule has 2 rings (SSSR count). The lowest BCUT2D eigenvalue weighted by molar-refractivity contribution is 0.488. The van der Waals surface area contributed by atoms with E-state index < -0.39 is 10.1 Å². The van der Waals surface area contributed by atoms with Crippen molar-refractivity contribution in [1.82, 2.24) is 0 Å². The van der Waals surface area contributed by atoms with E-state index in [2.05, 4.69) is 0 Å². The third kappa shape index (κ3) is 3.58. The van der Waals surface area contributed by atoms with Gasteiger partial charge in [0, 0.05) is 11.5 Å². The number of rotatable bonds is 4. The summed E-state index contributed by atoms with van der Waals surface area (Å²) in [6.45, 7) is 2.03. The Labute approximate surface area is 114 Å². The van der Waals surface area contributed by atoms with Crippen LogP contribution in [0.3, 0.4) is 0 Å². The van der Waals surface area contributed by atoms with Crippen LogP contribution in [0.25, 0.3) is 0 Å². The van der Waals surface area contributed by atoms with Gasteiger partial charge in [-0.2, -0.15) is 8.42 Å². The summed E-state index contributed by atoms with van der Waals surface area (Å²) in [7, 11) is -3.52. The fourth-order valence-electron chi connectivity index (χ4n) is 2.00. The third-order valence-corrected chi connectivity index (χ3v) is 3.41. The molecule has 2 aromatic rings. The van der Waals surface area contributed by atoms with Gasteiger partial charge in [-0.05, 0) is 11.6 Å². The van der Waals surface area contributed by atoms with E-state index in [9.17, 15) is 8.42 Å². The Hall–Kier alpha value is -1.81. The second kappa shape index (κ2) is 5.45. The fourth-order valence-corrected chi connectivity index (χ4v) is 2.48. The molecule has 0 saturated heterocycles. The predicted octanol–water partition coefficient (Wildman–Crippen LogP) is 3.18. The van der Waals surface area contributed by atoms with Gasteiger partial charge >= 0.3 is 10.1 Å². The Bertz CT molecular complexity index is 648. The van der Waals surface area contributed by atoms with E-state index >= 15 is 0 Å². The highest BCUT2D eigenvalue weighted by molar-refractivity contribution is 7.86. The van der Waals surface area contributed by atoms with Gasteiger partial charge in [0.2, 0.25) is 0 Å². The van der Waals surface area contributed by atoms with Crippen LogP contribution in [0.15, 0.2) is 54.6 Å². The summed E-state index contributed by atoms with van der Waals surface area (Å²) in [6.07, 6.45) is 1.05. The van der Waals surface area contributed by atoms with Crippen molar-refractivity contribution in [1.29, 1.82) is 0 Å². The zero-order valence-corrected chi connectivity index (χ0v) is 11.7. The highest BCUT2D eigenvalue weighted by Gasteiger charge is 2.15. The van der Waals surface area contributed by atoms with Gasteiger partial charge in [0.05, 0.1) is 6.26 Å². The van der Waals surface area contributed by atoms with Crippen LogP contribution in [0.5, 0.6) is 5.75 Å². The first-order valence-electron chi connectivity index (χ1n) is 6.01. The Balaban J connectivity index is 2.40. The van der Waals surface area contributed by atoms with Crippen molar-refractivity contribution in [2.75, 3.05) is 6.26 Å². The number of hydrogen-bond acceptors (Lipinski definition) is 3. The molecule has 19 heavy (non-hydrogen) atoms. The van der Waals surface area contributed by atoms with E-state index in [0.29, 0.717) is 5.75 Å². The van der Waals surface area contributed by atoms with Gasteiger partial charge in [-0.3, -0.25) is 0 Å². The number of para-hydroxylation sites is 1. The summed E-state index contributed by atoms with van der Waals surface area (Å²) in [6, 6.07) is 17.1. The average Bonchev–Trinajstić information content (AvgIpc) is 2.38. The molecule has 0 aliphatic rings. The van der Waals surface area contributed by atoms with Crippen molar-refractivity contribution in [3.05, 3.63) is 65.7 Å². The molecule has 0 aliphatic carbocycles. The van der Waals surface area contributed by atoms with Crippen LogP contribution < -0.4 is 4.18 Å². The third-order valence-electron chi connectivity index (χ3n) is 2.93. The van der Waals surface area contributed by atoms with Gasteiger partial charge in [0.15, 0.2) is 0 Å². The first-order valence-corrected chi connectivity index (χ1v) is 7.82. The summed E-state index contributed by atoms with van der Waals surface area (Å²) in [5.41, 5.74) is 1.98. The standard InChI is InChI=1S/C15H16O3S/c1-12(13-8-4-3-5-9-13)14-10-6-7-11-15(14)18-19(2,16)17/h3-12H,1-2H3. The van der Waals surface area contributed by atoms with Gasteiger partial charge < -0.3 is 4.18 Å². The summed E-state index contributed by atoms with van der Waals surface area (Å²) in [4.78, 5) is 0. The lowest BCUT2D eigenvalue weighted by Crippen LogP contribution is -2.09. The van der Waals surface area contributed by atoms with E-state index in [-0.39, 0.29) is 5.92 Å². The van der Waals surface area contributed by atoms with Crippen LogP contribution in [0, 0.1) is 0 Å². The van der Waals surface area contributed by atoms with Crippen LogP contribution in [-0.2, 0) is 10.1 Å². The summed E-state index contributed by atoms with van der Waals surface area (Å²) in [5, 5.41) is 0. The molecule has 0 spiro atoms. The average molecular weight is 276 g/mol. The topological polar surface area (TPSA) is 43.4 Å². The van der Waals surface area contributed by atoms with Crippen molar-refractivity contribution in [2.24, 2.45) is 0 Å². The van der Waals surface area contributed by atoms with Crippen LogP contribution >= 0.6 is 0 Å². The number of benzene rings is 2. The molecule has 1 unspecified atom stereocenters. The van der Waals surface area contributed by atoms with Gasteiger partial charge in [-0.15, -0.1) is 0 Å². The van der Waals surface area contributed by atoms with E-state index in [4.69, 9.17) is 4.18 Å². The largest absolute Gasteiger partial charge is 0.382 e. The van der Waals surface area contributed by atoms with Crippen LogP contribution in [-0.4, -0.2) is 14.7 Å². The fraction of sp³-hybridized carbons (Fsp3) is 0.200. The maximum Gasteiger partial charge on any atom is 0.306 e. The molecule has 3 nitrogen and oxygen atoms in total. The van der Waals surface area contributed by atoms with Gasteiger partial charge in [-0.25, -0.2) is 0 Å². The molecule has 4 heteroatoms. The molecule has 0 fully saturated rings. The molecule has 0 aromatic heterocycles.